The number of sulfonamides is 1. The van der Waals surface area contributed by atoms with Crippen LogP contribution in [0.25, 0.3) is 0 Å². The molecule has 0 fully saturated rings. The molecule has 0 unspecified atom stereocenters. The van der Waals surface area contributed by atoms with Crippen molar-refractivity contribution in [2.45, 2.75) is 50.3 Å². The third-order valence-corrected chi connectivity index (χ3v) is 4.16. The van der Waals surface area contributed by atoms with Crippen LogP contribution in [0.2, 0.25) is 0 Å². The van der Waals surface area contributed by atoms with Crippen molar-refractivity contribution < 1.29 is 8.42 Å². The Labute approximate surface area is 121 Å². The first-order chi connectivity index (χ1) is 9.45. The van der Waals surface area contributed by atoms with Crippen molar-refractivity contribution >= 4 is 21.4 Å². The zero-order valence-corrected chi connectivity index (χ0v) is 12.9. The zero-order chi connectivity index (χ0) is 15.0. The number of primary sulfonamides is 1. The second-order valence-electron chi connectivity index (χ2n) is 4.99. The zero-order valence-electron chi connectivity index (χ0n) is 12.1. The molecule has 0 amide bonds. The maximum absolute atomic E-state index is 11.2. The molecular formula is C14H25N3O2S. The lowest BCUT2D eigenvalue weighted by atomic mass is 10.1. The van der Waals surface area contributed by atoms with Gasteiger partial charge in [-0.3, -0.25) is 0 Å². The molecule has 5 nitrogen and oxygen atoms in total. The molecule has 0 bridgehead atoms. The molecule has 1 aromatic rings. The average Bonchev–Trinajstić information content (AvgIpc) is 2.36. The van der Waals surface area contributed by atoms with Gasteiger partial charge in [-0.1, -0.05) is 39.0 Å². The molecular weight excluding hydrogens is 274 g/mol. The number of rotatable bonds is 9. The minimum Gasteiger partial charge on any atom is -0.398 e. The van der Waals surface area contributed by atoms with Crippen LogP contribution < -0.4 is 16.2 Å². The van der Waals surface area contributed by atoms with E-state index in [1.807, 2.05) is 0 Å². The van der Waals surface area contributed by atoms with Gasteiger partial charge in [-0.2, -0.15) is 0 Å². The summed E-state index contributed by atoms with van der Waals surface area (Å²) >= 11 is 0. The van der Waals surface area contributed by atoms with Crippen molar-refractivity contribution in [3.05, 3.63) is 18.2 Å². The number of nitrogen functional groups attached to an aromatic ring is 1. The standard InChI is InChI=1S/C14H25N3O2S/c1-2-3-4-5-6-7-10-17-12-8-9-14(13(15)11-12)20(16,18)19/h8-9,11,17H,2-7,10,15H2,1H3,(H2,16,18,19). The van der Waals surface area contributed by atoms with Gasteiger partial charge in [0.25, 0.3) is 0 Å². The Morgan fingerprint density at radius 3 is 2.35 bits per heavy atom. The van der Waals surface area contributed by atoms with E-state index in [4.69, 9.17) is 10.9 Å². The summed E-state index contributed by atoms with van der Waals surface area (Å²) in [6.45, 7) is 3.07. The van der Waals surface area contributed by atoms with Crippen LogP contribution in [0.15, 0.2) is 23.1 Å². The third-order valence-electron chi connectivity index (χ3n) is 3.18. The fraction of sp³-hybridized carbons (Fsp3) is 0.571. The van der Waals surface area contributed by atoms with E-state index >= 15 is 0 Å². The molecule has 0 aliphatic rings. The number of hydrogen-bond acceptors (Lipinski definition) is 4. The van der Waals surface area contributed by atoms with Crippen molar-refractivity contribution in [1.29, 1.82) is 0 Å². The van der Waals surface area contributed by atoms with E-state index < -0.39 is 10.0 Å². The quantitative estimate of drug-likeness (QED) is 0.482. The lowest BCUT2D eigenvalue weighted by Crippen LogP contribution is -2.14. The SMILES string of the molecule is CCCCCCCCNc1ccc(S(N)(=O)=O)c(N)c1. The van der Waals surface area contributed by atoms with E-state index in [0.717, 1.165) is 18.7 Å². The molecule has 0 saturated heterocycles. The Morgan fingerprint density at radius 1 is 1.10 bits per heavy atom. The minimum atomic E-state index is -3.74. The second kappa shape index (κ2) is 8.11. The number of nitrogens with one attached hydrogen (secondary N) is 1. The summed E-state index contributed by atoms with van der Waals surface area (Å²) in [5.41, 5.74) is 6.70. The Bertz CT molecular complexity index is 515. The number of nitrogens with two attached hydrogens (primary N) is 2. The van der Waals surface area contributed by atoms with E-state index in [1.165, 1.54) is 38.2 Å². The lowest BCUT2D eigenvalue weighted by molar-refractivity contribution is 0.598. The van der Waals surface area contributed by atoms with E-state index in [9.17, 15) is 8.42 Å². The fourth-order valence-electron chi connectivity index (χ4n) is 2.06. The van der Waals surface area contributed by atoms with Crippen molar-refractivity contribution in [1.82, 2.24) is 0 Å². The van der Waals surface area contributed by atoms with Crippen LogP contribution in [0.5, 0.6) is 0 Å². The molecule has 0 atom stereocenters. The number of unbranched alkanes of at least 4 members (excludes halogenated alkanes) is 5. The predicted octanol–water partition coefficient (Wildman–Crippen LogP) is 2.69. The van der Waals surface area contributed by atoms with Crippen LogP contribution >= 0.6 is 0 Å². The largest absolute Gasteiger partial charge is 0.398 e. The maximum Gasteiger partial charge on any atom is 0.240 e. The van der Waals surface area contributed by atoms with Crippen LogP contribution in [-0.4, -0.2) is 15.0 Å². The van der Waals surface area contributed by atoms with Crippen LogP contribution in [-0.2, 0) is 10.0 Å². The first-order valence-corrected chi connectivity index (χ1v) is 8.66. The summed E-state index contributed by atoms with van der Waals surface area (Å²) in [4.78, 5) is -0.0254. The van der Waals surface area contributed by atoms with Gasteiger partial charge < -0.3 is 11.1 Å². The summed E-state index contributed by atoms with van der Waals surface area (Å²) in [7, 11) is -3.74. The lowest BCUT2D eigenvalue weighted by Gasteiger charge is -2.09. The summed E-state index contributed by atoms with van der Waals surface area (Å²) < 4.78 is 22.5. The van der Waals surface area contributed by atoms with Crippen molar-refractivity contribution in [2.75, 3.05) is 17.6 Å². The topological polar surface area (TPSA) is 98.2 Å². The summed E-state index contributed by atoms with van der Waals surface area (Å²) in [6.07, 6.45) is 7.43. The highest BCUT2D eigenvalue weighted by Gasteiger charge is 2.11. The smallest absolute Gasteiger partial charge is 0.240 e. The number of anilines is 2. The Kier molecular flexibility index (Phi) is 6.81. The highest BCUT2D eigenvalue weighted by atomic mass is 32.2. The van der Waals surface area contributed by atoms with Gasteiger partial charge in [0.2, 0.25) is 10.0 Å². The molecule has 114 valence electrons. The molecule has 0 aliphatic heterocycles. The van der Waals surface area contributed by atoms with Gasteiger partial charge in [0.1, 0.15) is 4.90 Å². The molecule has 0 saturated carbocycles. The van der Waals surface area contributed by atoms with E-state index in [1.54, 1.807) is 12.1 Å². The molecule has 0 aromatic heterocycles. The minimum absolute atomic E-state index is 0.0254. The van der Waals surface area contributed by atoms with Gasteiger partial charge in [0, 0.05) is 12.2 Å². The maximum atomic E-state index is 11.2. The van der Waals surface area contributed by atoms with E-state index in [0.29, 0.717) is 0 Å². The molecule has 6 heteroatoms. The highest BCUT2D eigenvalue weighted by Crippen LogP contribution is 2.21. The van der Waals surface area contributed by atoms with Crippen molar-refractivity contribution in [3.63, 3.8) is 0 Å². The summed E-state index contributed by atoms with van der Waals surface area (Å²) in [6, 6.07) is 4.73. The first-order valence-electron chi connectivity index (χ1n) is 7.11. The fourth-order valence-corrected chi connectivity index (χ4v) is 2.70. The van der Waals surface area contributed by atoms with Gasteiger partial charge in [-0.05, 0) is 24.6 Å². The van der Waals surface area contributed by atoms with Gasteiger partial charge in [-0.25, -0.2) is 13.6 Å². The Hall–Kier alpha value is -1.27. The average molecular weight is 299 g/mol. The van der Waals surface area contributed by atoms with Crippen LogP contribution in [0.3, 0.4) is 0 Å². The summed E-state index contributed by atoms with van der Waals surface area (Å²) in [5.74, 6) is 0. The number of benzene rings is 1. The second-order valence-corrected chi connectivity index (χ2v) is 6.52. The Morgan fingerprint density at radius 2 is 1.75 bits per heavy atom. The van der Waals surface area contributed by atoms with Gasteiger partial charge in [-0.15, -0.1) is 0 Å². The highest BCUT2D eigenvalue weighted by molar-refractivity contribution is 7.89. The van der Waals surface area contributed by atoms with Gasteiger partial charge in [0.15, 0.2) is 0 Å². The molecule has 1 rings (SSSR count). The van der Waals surface area contributed by atoms with Crippen molar-refractivity contribution in [2.24, 2.45) is 5.14 Å². The molecule has 5 N–H and O–H groups in total. The first kappa shape index (κ1) is 16.8. The van der Waals surface area contributed by atoms with Crippen molar-refractivity contribution in [3.8, 4) is 0 Å². The predicted molar refractivity (Wildman–Crippen MR) is 84.1 cm³/mol. The molecule has 0 heterocycles. The van der Waals surface area contributed by atoms with Crippen LogP contribution in [0.4, 0.5) is 11.4 Å². The van der Waals surface area contributed by atoms with Crippen LogP contribution in [0.1, 0.15) is 45.4 Å². The normalized spacial score (nSPS) is 11.5. The third kappa shape index (κ3) is 5.79. The monoisotopic (exact) mass is 299 g/mol. The van der Waals surface area contributed by atoms with Gasteiger partial charge in [0.05, 0.1) is 5.69 Å². The van der Waals surface area contributed by atoms with E-state index in [2.05, 4.69) is 12.2 Å². The molecule has 0 radical (unpaired) electrons. The summed E-state index contributed by atoms with van der Waals surface area (Å²) in [5, 5.41) is 8.30. The Balaban J connectivity index is 2.37. The molecule has 0 aliphatic carbocycles. The van der Waals surface area contributed by atoms with Crippen LogP contribution in [0, 0.1) is 0 Å². The van der Waals surface area contributed by atoms with Gasteiger partial charge >= 0.3 is 0 Å². The molecule has 0 spiro atoms. The number of hydrogen-bond donors (Lipinski definition) is 3. The molecule has 20 heavy (non-hydrogen) atoms. The van der Waals surface area contributed by atoms with E-state index in [-0.39, 0.29) is 10.6 Å². The molecule has 1 aromatic carbocycles.